The highest BCUT2D eigenvalue weighted by Crippen LogP contribution is 2.26. The number of ether oxygens (including phenoxy) is 6. The molecular weight excluding hydrogens is 877 g/mol. The predicted octanol–water partition coefficient (Wildman–Crippen LogP) is 7.49. The minimum absolute atomic E-state index is 0.155. The molecule has 0 radical (unpaired) electrons. The number of rotatable bonds is 40. The quantitative estimate of drug-likeness (QED) is 0.0179. The number of allylic oxidation sites excluding steroid dienone is 8. The van der Waals surface area contributed by atoms with Crippen molar-refractivity contribution in [3.8, 4) is 0 Å². The molecule has 0 saturated carbocycles. The smallest absolute Gasteiger partial charge is 0.306 e. The van der Waals surface area contributed by atoms with Crippen LogP contribution in [0.1, 0.15) is 181 Å². The Kier molecular flexibility index (Phi) is 36.3. The van der Waals surface area contributed by atoms with E-state index < -0.39 is 92.7 Å². The Bertz CT molecular complexity index is 1370. The van der Waals surface area contributed by atoms with E-state index in [1.54, 1.807) is 0 Å². The van der Waals surface area contributed by atoms with Gasteiger partial charge in [0.15, 0.2) is 18.7 Å². The molecule has 2 saturated heterocycles. The summed E-state index contributed by atoms with van der Waals surface area (Å²) in [7, 11) is 0. The molecule has 394 valence electrons. The third-order valence-corrected chi connectivity index (χ3v) is 12.3. The van der Waals surface area contributed by atoms with E-state index >= 15 is 0 Å². The molecule has 15 heteroatoms. The van der Waals surface area contributed by atoms with Crippen LogP contribution >= 0.6 is 0 Å². The van der Waals surface area contributed by atoms with E-state index in [0.29, 0.717) is 12.8 Å². The topological polar surface area (TPSA) is 231 Å². The van der Waals surface area contributed by atoms with Crippen molar-refractivity contribution in [1.82, 2.24) is 0 Å². The summed E-state index contributed by atoms with van der Waals surface area (Å²) in [6, 6.07) is 0. The third kappa shape index (κ3) is 27.7. The summed E-state index contributed by atoms with van der Waals surface area (Å²) < 4.78 is 33.6. The van der Waals surface area contributed by atoms with Gasteiger partial charge in [-0.2, -0.15) is 0 Å². The number of esters is 2. The molecule has 2 aliphatic rings. The van der Waals surface area contributed by atoms with E-state index in [0.717, 1.165) is 83.5 Å². The van der Waals surface area contributed by atoms with Crippen molar-refractivity contribution in [3.05, 3.63) is 48.6 Å². The number of hydrogen-bond acceptors (Lipinski definition) is 15. The SMILES string of the molecule is CC/C=C/C/C=C/C/C=C/CCCCCCCC(=O)OC[C@H](CO[C@H]1O[C@@H](CO[C@H]2O[C@@H](CO)[C@@H](O)C(O)C2O)[C@@H](O)C(O)C1O)OC(=O)CCCCCCCCC/C=C/CCCCCCCC. The minimum atomic E-state index is -1.77. The van der Waals surface area contributed by atoms with Crippen LogP contribution in [0.15, 0.2) is 48.6 Å². The van der Waals surface area contributed by atoms with E-state index in [4.69, 9.17) is 28.4 Å². The lowest BCUT2D eigenvalue weighted by atomic mass is 9.98. The second-order valence-corrected chi connectivity index (χ2v) is 18.3. The Morgan fingerprint density at radius 3 is 1.47 bits per heavy atom. The summed E-state index contributed by atoms with van der Waals surface area (Å²) in [5.74, 6) is -0.950. The lowest BCUT2D eigenvalue weighted by Gasteiger charge is -2.42. The van der Waals surface area contributed by atoms with Crippen LogP contribution in [0.4, 0.5) is 0 Å². The first kappa shape index (κ1) is 61.6. The largest absolute Gasteiger partial charge is 0.462 e. The average Bonchev–Trinajstić information content (AvgIpc) is 3.33. The van der Waals surface area contributed by atoms with Gasteiger partial charge in [0.1, 0.15) is 55.4 Å². The van der Waals surface area contributed by atoms with Crippen LogP contribution in [-0.4, -0.2) is 142 Å². The zero-order valence-corrected chi connectivity index (χ0v) is 41.6. The van der Waals surface area contributed by atoms with Gasteiger partial charge >= 0.3 is 11.9 Å². The molecule has 15 nitrogen and oxygen atoms in total. The van der Waals surface area contributed by atoms with Gasteiger partial charge in [0.2, 0.25) is 0 Å². The fraction of sp³-hybridized carbons (Fsp3) is 0.811. The van der Waals surface area contributed by atoms with Crippen LogP contribution in [-0.2, 0) is 38.0 Å². The predicted molar refractivity (Wildman–Crippen MR) is 261 cm³/mol. The molecule has 68 heavy (non-hydrogen) atoms. The highest BCUT2D eigenvalue weighted by molar-refractivity contribution is 5.70. The number of aliphatic hydroxyl groups is 7. The van der Waals surface area contributed by atoms with E-state index in [9.17, 15) is 45.3 Å². The fourth-order valence-corrected chi connectivity index (χ4v) is 7.99. The van der Waals surface area contributed by atoms with Gasteiger partial charge < -0.3 is 64.2 Å². The molecular formula is C53H92O15. The maximum absolute atomic E-state index is 13.0. The summed E-state index contributed by atoms with van der Waals surface area (Å²) in [5.41, 5.74) is 0. The zero-order chi connectivity index (χ0) is 49.6. The van der Waals surface area contributed by atoms with Crippen LogP contribution in [0.25, 0.3) is 0 Å². The fourth-order valence-electron chi connectivity index (χ4n) is 7.99. The van der Waals surface area contributed by atoms with Crippen LogP contribution in [0.3, 0.4) is 0 Å². The van der Waals surface area contributed by atoms with E-state index in [2.05, 4.69) is 62.5 Å². The normalized spacial score (nSPS) is 26.1. The van der Waals surface area contributed by atoms with Gasteiger partial charge in [-0.3, -0.25) is 9.59 Å². The van der Waals surface area contributed by atoms with Crippen LogP contribution in [0.2, 0.25) is 0 Å². The lowest BCUT2D eigenvalue weighted by molar-refractivity contribution is -0.332. The summed E-state index contributed by atoms with van der Waals surface area (Å²) >= 11 is 0. The summed E-state index contributed by atoms with van der Waals surface area (Å²) in [6.07, 6.45) is 27.0. The second-order valence-electron chi connectivity index (χ2n) is 18.3. The van der Waals surface area contributed by atoms with Gasteiger partial charge in [-0.05, 0) is 70.6 Å². The second kappa shape index (κ2) is 40.1. The molecule has 2 aliphatic heterocycles. The zero-order valence-electron chi connectivity index (χ0n) is 41.6. The highest BCUT2D eigenvalue weighted by atomic mass is 16.7. The summed E-state index contributed by atoms with van der Waals surface area (Å²) in [5, 5.41) is 72.1. The molecule has 7 N–H and O–H groups in total. The maximum atomic E-state index is 13.0. The van der Waals surface area contributed by atoms with Crippen molar-refractivity contribution in [2.75, 3.05) is 26.4 Å². The van der Waals surface area contributed by atoms with Crippen molar-refractivity contribution in [1.29, 1.82) is 0 Å². The Morgan fingerprint density at radius 2 is 0.926 bits per heavy atom. The van der Waals surface area contributed by atoms with E-state index in [1.807, 2.05) is 0 Å². The number of hydrogen-bond donors (Lipinski definition) is 7. The first-order valence-electron chi connectivity index (χ1n) is 26.2. The van der Waals surface area contributed by atoms with Crippen LogP contribution in [0.5, 0.6) is 0 Å². The molecule has 0 aromatic carbocycles. The van der Waals surface area contributed by atoms with Crippen molar-refractivity contribution < 1.29 is 73.8 Å². The molecule has 2 fully saturated rings. The van der Waals surface area contributed by atoms with Gasteiger partial charge in [-0.15, -0.1) is 0 Å². The Hall–Kier alpha value is -2.54. The molecule has 0 aliphatic carbocycles. The molecule has 2 rings (SSSR count). The molecule has 0 aromatic heterocycles. The summed E-state index contributed by atoms with van der Waals surface area (Å²) in [4.78, 5) is 25.8. The molecule has 0 bridgehead atoms. The molecule has 2 heterocycles. The Balaban J connectivity index is 1.81. The highest BCUT2D eigenvalue weighted by Gasteiger charge is 2.47. The average molecular weight is 969 g/mol. The molecule has 0 spiro atoms. The summed E-state index contributed by atoms with van der Waals surface area (Å²) in [6.45, 7) is 2.45. The van der Waals surface area contributed by atoms with Crippen molar-refractivity contribution in [2.24, 2.45) is 0 Å². The van der Waals surface area contributed by atoms with Gasteiger partial charge in [0.05, 0.1) is 19.8 Å². The van der Waals surface area contributed by atoms with Crippen molar-refractivity contribution in [2.45, 2.75) is 248 Å². The number of carbonyl (C=O) groups is 2. The van der Waals surface area contributed by atoms with Crippen molar-refractivity contribution in [3.63, 3.8) is 0 Å². The standard InChI is InChI=1S/C53H92O15/c1-3-5-7-9-11-13-15-17-19-20-22-24-26-28-30-32-34-36-45(56)66-41(38-63-44(55)35-33-31-29-27-25-23-21-18-16-14-12-10-8-6-4-2)39-64-52-51(62)49(60)47(58)43(68-52)40-65-53-50(61)48(59)46(57)42(37-54)67-53/h6,8,12,14,17-19,21,41-43,46-54,57-62H,3-5,7,9-11,13,15-16,20,22-40H2,1-2H3/b8-6+,14-12+,19-17+,21-18+/t41-,42+,43+,46-,47-,48?,49?,50?,51?,52+,53+/m1/s1. The molecule has 4 unspecified atom stereocenters. The Morgan fingerprint density at radius 1 is 0.485 bits per heavy atom. The molecule has 11 atom stereocenters. The third-order valence-electron chi connectivity index (χ3n) is 12.3. The van der Waals surface area contributed by atoms with Gasteiger partial charge in [0, 0.05) is 12.8 Å². The monoisotopic (exact) mass is 969 g/mol. The van der Waals surface area contributed by atoms with Crippen molar-refractivity contribution >= 4 is 11.9 Å². The first-order valence-corrected chi connectivity index (χ1v) is 26.2. The van der Waals surface area contributed by atoms with Gasteiger partial charge in [-0.1, -0.05) is 146 Å². The molecule has 0 amide bonds. The van der Waals surface area contributed by atoms with E-state index in [-0.39, 0.29) is 26.1 Å². The number of unbranched alkanes of at least 4 members (excludes halogenated alkanes) is 18. The van der Waals surface area contributed by atoms with Crippen LogP contribution < -0.4 is 0 Å². The first-order chi connectivity index (χ1) is 33.0. The lowest BCUT2D eigenvalue weighted by Crippen LogP contribution is -2.61. The van der Waals surface area contributed by atoms with Gasteiger partial charge in [0.25, 0.3) is 0 Å². The minimum Gasteiger partial charge on any atom is -0.462 e. The van der Waals surface area contributed by atoms with Crippen LogP contribution in [0, 0.1) is 0 Å². The molecule has 0 aromatic rings. The Labute approximate surface area is 408 Å². The van der Waals surface area contributed by atoms with E-state index in [1.165, 1.54) is 57.8 Å². The number of aliphatic hydroxyl groups excluding tert-OH is 7. The van der Waals surface area contributed by atoms with Gasteiger partial charge in [-0.25, -0.2) is 0 Å². The maximum Gasteiger partial charge on any atom is 0.306 e. The number of carbonyl (C=O) groups excluding carboxylic acids is 2.